The van der Waals surface area contributed by atoms with Gasteiger partial charge in [-0.3, -0.25) is 4.79 Å². The monoisotopic (exact) mass is 349 g/mol. The number of nitrogens with two attached hydrogens (primary N) is 1. The maximum atomic E-state index is 11.5. The molecule has 1 aliphatic carbocycles. The molecule has 2 heterocycles. The Morgan fingerprint density at radius 2 is 1.92 bits per heavy atom. The van der Waals surface area contributed by atoms with E-state index in [0.29, 0.717) is 35.5 Å². The van der Waals surface area contributed by atoms with Gasteiger partial charge < -0.3 is 15.8 Å². The number of H-pyrrole nitrogens is 1. The first-order chi connectivity index (χ1) is 12.6. The van der Waals surface area contributed by atoms with E-state index in [9.17, 15) is 9.90 Å². The van der Waals surface area contributed by atoms with Gasteiger partial charge in [0.25, 0.3) is 5.91 Å². The van der Waals surface area contributed by atoms with Crippen molar-refractivity contribution in [1.82, 2.24) is 15.0 Å². The first-order valence-electron chi connectivity index (χ1n) is 8.60. The van der Waals surface area contributed by atoms with Gasteiger partial charge in [-0.15, -0.1) is 0 Å². The van der Waals surface area contributed by atoms with Crippen LogP contribution in [0.25, 0.3) is 22.4 Å². The standard InChI is InChI=1S/C19H19N5O2/c20-16(26)15-10-14-18(21-12-6-8-13(25)9-7-12)23-17(24-19(14)22-15)11-4-2-1-3-5-11/h1-5,10,13,25H,6-9H2,(H2,20,26)(H,22,23,24). The summed E-state index contributed by atoms with van der Waals surface area (Å²) in [5.41, 5.74) is 8.06. The number of amides is 1. The summed E-state index contributed by atoms with van der Waals surface area (Å²) in [6.07, 6.45) is 2.63. The minimum atomic E-state index is -0.552. The molecule has 0 unspecified atom stereocenters. The van der Waals surface area contributed by atoms with E-state index in [1.807, 2.05) is 30.3 Å². The summed E-state index contributed by atoms with van der Waals surface area (Å²) in [4.78, 5) is 28.4. The van der Waals surface area contributed by atoms with Crippen molar-refractivity contribution in [3.8, 4) is 11.4 Å². The quantitative estimate of drug-likeness (QED) is 0.674. The van der Waals surface area contributed by atoms with Crippen LogP contribution < -0.4 is 5.73 Å². The van der Waals surface area contributed by atoms with Gasteiger partial charge in [0.1, 0.15) is 11.3 Å². The van der Waals surface area contributed by atoms with Gasteiger partial charge >= 0.3 is 0 Å². The Bertz CT molecular complexity index is 984. The molecular formula is C19H19N5O2. The van der Waals surface area contributed by atoms with Gasteiger partial charge in [-0.2, -0.15) is 0 Å². The number of rotatable bonds is 3. The van der Waals surface area contributed by atoms with Gasteiger partial charge in [0, 0.05) is 11.3 Å². The predicted molar refractivity (Wildman–Crippen MR) is 99.4 cm³/mol. The van der Waals surface area contributed by atoms with Crippen LogP contribution in [-0.4, -0.2) is 37.8 Å². The third-order valence-corrected chi connectivity index (χ3v) is 4.56. The van der Waals surface area contributed by atoms with Crippen molar-refractivity contribution in [2.75, 3.05) is 0 Å². The highest BCUT2D eigenvalue weighted by atomic mass is 16.3. The number of carbonyl (C=O) groups excluding carboxylic acids is 1. The zero-order valence-corrected chi connectivity index (χ0v) is 14.1. The topological polar surface area (TPSA) is 117 Å². The van der Waals surface area contributed by atoms with Gasteiger partial charge in [0.15, 0.2) is 11.6 Å². The lowest BCUT2D eigenvalue weighted by atomic mass is 9.96. The summed E-state index contributed by atoms with van der Waals surface area (Å²) in [5, 5.41) is 10.3. The normalized spacial score (nSPS) is 17.4. The molecule has 7 heteroatoms. The largest absolute Gasteiger partial charge is 0.393 e. The summed E-state index contributed by atoms with van der Waals surface area (Å²) < 4.78 is 0. The molecule has 4 rings (SSSR count). The van der Waals surface area contributed by atoms with Crippen molar-refractivity contribution in [3.05, 3.63) is 42.1 Å². The summed E-state index contributed by atoms with van der Waals surface area (Å²) in [6, 6.07) is 11.3. The number of aromatic nitrogens is 3. The molecule has 0 bridgehead atoms. The van der Waals surface area contributed by atoms with Crippen LogP contribution in [-0.2, 0) is 0 Å². The molecule has 0 aliphatic heterocycles. The lowest BCUT2D eigenvalue weighted by Gasteiger charge is -2.18. The van der Waals surface area contributed by atoms with E-state index >= 15 is 0 Å². The van der Waals surface area contributed by atoms with E-state index < -0.39 is 5.91 Å². The second-order valence-corrected chi connectivity index (χ2v) is 6.46. The van der Waals surface area contributed by atoms with Crippen LogP contribution in [0.4, 0.5) is 5.82 Å². The lowest BCUT2D eigenvalue weighted by Crippen LogP contribution is -2.17. The molecule has 132 valence electrons. The van der Waals surface area contributed by atoms with Crippen molar-refractivity contribution in [1.29, 1.82) is 0 Å². The van der Waals surface area contributed by atoms with Gasteiger partial charge in [-0.25, -0.2) is 15.0 Å². The number of aliphatic hydroxyl groups is 1. The summed E-state index contributed by atoms with van der Waals surface area (Å²) in [5.74, 6) is 0.499. The number of nitrogens with one attached hydrogen (secondary N) is 1. The number of aromatic amines is 1. The van der Waals surface area contributed by atoms with Crippen LogP contribution in [0.15, 0.2) is 41.4 Å². The average molecular weight is 349 g/mol. The van der Waals surface area contributed by atoms with Crippen LogP contribution in [0.5, 0.6) is 0 Å². The van der Waals surface area contributed by atoms with Crippen molar-refractivity contribution in [2.45, 2.75) is 31.8 Å². The van der Waals surface area contributed by atoms with Crippen LogP contribution in [0.1, 0.15) is 36.2 Å². The molecule has 26 heavy (non-hydrogen) atoms. The fraction of sp³-hybridized carbons (Fsp3) is 0.263. The number of aliphatic imine (C=N–C) groups is 1. The van der Waals surface area contributed by atoms with Gasteiger partial charge in [-0.05, 0) is 31.7 Å². The molecular weight excluding hydrogens is 330 g/mol. The number of hydrogen-bond acceptors (Lipinski definition) is 5. The molecule has 7 nitrogen and oxygen atoms in total. The fourth-order valence-corrected chi connectivity index (χ4v) is 3.13. The number of fused-ring (bicyclic) bond motifs is 1. The molecule has 4 N–H and O–H groups in total. The number of primary amides is 1. The minimum Gasteiger partial charge on any atom is -0.393 e. The van der Waals surface area contributed by atoms with E-state index in [1.165, 1.54) is 0 Å². The Morgan fingerprint density at radius 1 is 1.19 bits per heavy atom. The molecule has 0 atom stereocenters. The van der Waals surface area contributed by atoms with Crippen molar-refractivity contribution in [3.63, 3.8) is 0 Å². The Labute approximate surface area is 150 Å². The summed E-state index contributed by atoms with van der Waals surface area (Å²) in [7, 11) is 0. The zero-order chi connectivity index (χ0) is 18.1. The first-order valence-corrected chi connectivity index (χ1v) is 8.60. The number of hydrogen-bond donors (Lipinski definition) is 3. The molecule has 1 aromatic carbocycles. The van der Waals surface area contributed by atoms with Crippen LogP contribution in [0.2, 0.25) is 0 Å². The van der Waals surface area contributed by atoms with Crippen LogP contribution >= 0.6 is 0 Å². The first kappa shape index (κ1) is 16.4. The average Bonchev–Trinajstić information content (AvgIpc) is 3.09. The summed E-state index contributed by atoms with van der Waals surface area (Å²) in [6.45, 7) is 0. The molecule has 0 radical (unpaired) electrons. The van der Waals surface area contributed by atoms with Crippen molar-refractivity contribution < 1.29 is 9.90 Å². The smallest absolute Gasteiger partial charge is 0.265 e. The Hall–Kier alpha value is -3.06. The second kappa shape index (κ2) is 6.68. The van der Waals surface area contributed by atoms with Crippen molar-refractivity contribution >= 4 is 28.5 Å². The van der Waals surface area contributed by atoms with E-state index in [4.69, 9.17) is 10.7 Å². The highest BCUT2D eigenvalue weighted by molar-refractivity contribution is 6.00. The molecule has 3 aromatic rings. The number of aliphatic hydroxyl groups excluding tert-OH is 1. The van der Waals surface area contributed by atoms with E-state index in [1.54, 1.807) is 6.07 Å². The zero-order valence-electron chi connectivity index (χ0n) is 14.1. The van der Waals surface area contributed by atoms with Crippen molar-refractivity contribution in [2.24, 2.45) is 10.7 Å². The second-order valence-electron chi connectivity index (χ2n) is 6.46. The number of nitrogens with zero attached hydrogens (tertiary/aromatic N) is 3. The molecule has 1 fully saturated rings. The Morgan fingerprint density at radius 3 is 2.62 bits per heavy atom. The molecule has 2 aromatic heterocycles. The number of carbonyl (C=O) groups is 1. The number of benzene rings is 1. The van der Waals surface area contributed by atoms with Crippen LogP contribution in [0.3, 0.4) is 0 Å². The highest BCUT2D eigenvalue weighted by Gasteiger charge is 2.18. The predicted octanol–water partition coefficient (Wildman–Crippen LogP) is 2.73. The molecule has 0 spiro atoms. The van der Waals surface area contributed by atoms with E-state index in [-0.39, 0.29) is 11.8 Å². The molecule has 0 saturated heterocycles. The third kappa shape index (κ3) is 3.21. The third-order valence-electron chi connectivity index (χ3n) is 4.56. The highest BCUT2D eigenvalue weighted by Crippen LogP contribution is 2.29. The minimum absolute atomic E-state index is 0.257. The maximum absolute atomic E-state index is 11.5. The molecule has 1 amide bonds. The van der Waals surface area contributed by atoms with Crippen LogP contribution in [0, 0.1) is 0 Å². The Balaban J connectivity index is 1.85. The fourth-order valence-electron chi connectivity index (χ4n) is 3.13. The lowest BCUT2D eigenvalue weighted by molar-refractivity contribution is 0.0996. The molecule has 1 saturated carbocycles. The van der Waals surface area contributed by atoms with E-state index in [2.05, 4.69) is 15.0 Å². The maximum Gasteiger partial charge on any atom is 0.265 e. The van der Waals surface area contributed by atoms with Gasteiger partial charge in [0.2, 0.25) is 0 Å². The Kier molecular flexibility index (Phi) is 4.22. The summed E-state index contributed by atoms with van der Waals surface area (Å²) >= 11 is 0. The van der Waals surface area contributed by atoms with Gasteiger partial charge in [-0.1, -0.05) is 30.3 Å². The van der Waals surface area contributed by atoms with E-state index in [0.717, 1.165) is 24.1 Å². The van der Waals surface area contributed by atoms with Gasteiger partial charge in [0.05, 0.1) is 11.5 Å². The SMILES string of the molecule is NC(=O)c1cc2c(N=C3CCC(O)CC3)nc(-c3ccccc3)nc2[nH]1. The molecule has 1 aliphatic rings.